The number of hydrogen-bond acceptors (Lipinski definition) is 2. The number of nitrogens with one attached hydrogen (secondary N) is 1. The maximum absolute atomic E-state index is 12.2. The largest absolute Gasteiger partial charge is 0.271 e. The number of amides is 1. The van der Waals surface area contributed by atoms with E-state index in [1.54, 1.807) is 0 Å². The summed E-state index contributed by atoms with van der Waals surface area (Å²) < 4.78 is 0. The molecule has 0 aromatic heterocycles. The van der Waals surface area contributed by atoms with Gasteiger partial charge in [-0.15, -0.1) is 0 Å². The Morgan fingerprint density at radius 3 is 2.68 bits per heavy atom. The molecule has 19 heavy (non-hydrogen) atoms. The van der Waals surface area contributed by atoms with E-state index in [1.165, 1.54) is 12.8 Å². The molecule has 1 aliphatic carbocycles. The summed E-state index contributed by atoms with van der Waals surface area (Å²) in [4.78, 5) is 12.2. The van der Waals surface area contributed by atoms with Crippen LogP contribution in [0.4, 0.5) is 0 Å². The van der Waals surface area contributed by atoms with Crippen molar-refractivity contribution >= 4 is 22.4 Å². The summed E-state index contributed by atoms with van der Waals surface area (Å²) in [6.45, 7) is 1.97. The van der Waals surface area contributed by atoms with Gasteiger partial charge in [0.25, 0.3) is 5.91 Å². The molecule has 0 spiro atoms. The Balaban J connectivity index is 1.87. The van der Waals surface area contributed by atoms with Crippen molar-refractivity contribution in [2.75, 3.05) is 0 Å². The van der Waals surface area contributed by atoms with Gasteiger partial charge in [0.05, 0.1) is 0 Å². The minimum Gasteiger partial charge on any atom is -0.267 e. The van der Waals surface area contributed by atoms with Gasteiger partial charge < -0.3 is 0 Å². The number of carbonyl (C=O) groups is 1. The first-order valence-electron chi connectivity index (χ1n) is 6.58. The van der Waals surface area contributed by atoms with Crippen LogP contribution in [0.25, 0.3) is 10.8 Å². The molecule has 1 saturated carbocycles. The predicted molar refractivity (Wildman–Crippen MR) is 77.2 cm³/mol. The minimum absolute atomic E-state index is 0.142. The van der Waals surface area contributed by atoms with Gasteiger partial charge in [-0.05, 0) is 42.5 Å². The van der Waals surface area contributed by atoms with Crippen LogP contribution in [0, 0.1) is 5.92 Å². The van der Waals surface area contributed by atoms with Crippen molar-refractivity contribution < 1.29 is 4.79 Å². The highest BCUT2D eigenvalue weighted by atomic mass is 16.2. The lowest BCUT2D eigenvalue weighted by Crippen LogP contribution is -2.19. The van der Waals surface area contributed by atoms with E-state index in [-0.39, 0.29) is 5.91 Å². The average Bonchev–Trinajstić information content (AvgIpc) is 3.28. The molecular formula is C16H16N2O. The molecule has 1 aliphatic rings. The molecule has 1 amide bonds. The highest BCUT2D eigenvalue weighted by Gasteiger charge is 2.24. The van der Waals surface area contributed by atoms with Crippen LogP contribution in [0.3, 0.4) is 0 Å². The standard InChI is InChI=1S/C16H16N2O/c1-11(12-9-10-12)17-18-16(19)15-8-4-6-13-5-2-3-7-14(13)15/h2-8,12H,9-10H2,1H3,(H,18,19). The summed E-state index contributed by atoms with van der Waals surface area (Å²) in [6.07, 6.45) is 2.39. The molecule has 2 aromatic carbocycles. The molecular weight excluding hydrogens is 236 g/mol. The summed E-state index contributed by atoms with van der Waals surface area (Å²) in [7, 11) is 0. The zero-order valence-electron chi connectivity index (χ0n) is 10.9. The van der Waals surface area contributed by atoms with E-state index in [4.69, 9.17) is 0 Å². The summed E-state index contributed by atoms with van der Waals surface area (Å²) >= 11 is 0. The molecule has 0 unspecified atom stereocenters. The third-order valence-electron chi connectivity index (χ3n) is 3.54. The number of carbonyl (C=O) groups excluding carboxylic acids is 1. The zero-order valence-corrected chi connectivity index (χ0v) is 10.9. The molecule has 96 valence electrons. The number of rotatable bonds is 3. The van der Waals surface area contributed by atoms with Crippen LogP contribution in [0.5, 0.6) is 0 Å². The monoisotopic (exact) mass is 252 g/mol. The van der Waals surface area contributed by atoms with E-state index in [9.17, 15) is 4.79 Å². The molecule has 1 fully saturated rings. The molecule has 0 aliphatic heterocycles. The molecule has 3 nitrogen and oxygen atoms in total. The van der Waals surface area contributed by atoms with Crippen molar-refractivity contribution in [3.63, 3.8) is 0 Å². The first-order chi connectivity index (χ1) is 9.25. The van der Waals surface area contributed by atoms with Crippen LogP contribution >= 0.6 is 0 Å². The van der Waals surface area contributed by atoms with Crippen LogP contribution in [0.1, 0.15) is 30.1 Å². The summed E-state index contributed by atoms with van der Waals surface area (Å²) in [5, 5.41) is 6.21. The van der Waals surface area contributed by atoms with Crippen molar-refractivity contribution in [3.8, 4) is 0 Å². The van der Waals surface area contributed by atoms with Crippen molar-refractivity contribution in [3.05, 3.63) is 48.0 Å². The maximum Gasteiger partial charge on any atom is 0.271 e. The third kappa shape index (κ3) is 2.50. The lowest BCUT2D eigenvalue weighted by molar-refractivity contribution is 0.0956. The first kappa shape index (κ1) is 11.9. The van der Waals surface area contributed by atoms with E-state index in [0.29, 0.717) is 11.5 Å². The third-order valence-corrected chi connectivity index (χ3v) is 3.54. The molecule has 3 heteroatoms. The van der Waals surface area contributed by atoms with Gasteiger partial charge in [-0.1, -0.05) is 36.4 Å². The lowest BCUT2D eigenvalue weighted by Gasteiger charge is -2.05. The van der Waals surface area contributed by atoms with Crippen molar-refractivity contribution in [2.24, 2.45) is 11.0 Å². The smallest absolute Gasteiger partial charge is 0.267 e. The van der Waals surface area contributed by atoms with Crippen molar-refractivity contribution in [2.45, 2.75) is 19.8 Å². The van der Waals surface area contributed by atoms with Gasteiger partial charge in [0, 0.05) is 11.3 Å². The fourth-order valence-corrected chi connectivity index (χ4v) is 2.21. The highest BCUT2D eigenvalue weighted by molar-refractivity contribution is 6.07. The van der Waals surface area contributed by atoms with Crippen molar-refractivity contribution in [1.29, 1.82) is 0 Å². The maximum atomic E-state index is 12.2. The molecule has 0 heterocycles. The van der Waals surface area contributed by atoms with E-state index >= 15 is 0 Å². The van der Waals surface area contributed by atoms with Gasteiger partial charge in [-0.25, -0.2) is 5.43 Å². The Labute approximate surface area is 112 Å². The molecule has 1 N–H and O–H groups in total. The number of benzene rings is 2. The molecule has 2 aromatic rings. The van der Waals surface area contributed by atoms with Gasteiger partial charge in [0.2, 0.25) is 0 Å². The lowest BCUT2D eigenvalue weighted by atomic mass is 10.0. The van der Waals surface area contributed by atoms with Crippen LogP contribution in [-0.4, -0.2) is 11.6 Å². The van der Waals surface area contributed by atoms with Crippen LogP contribution in [-0.2, 0) is 0 Å². The van der Waals surface area contributed by atoms with Gasteiger partial charge in [-0.3, -0.25) is 4.79 Å². The molecule has 0 saturated heterocycles. The first-order valence-corrected chi connectivity index (χ1v) is 6.58. The molecule has 0 bridgehead atoms. The Kier molecular flexibility index (Phi) is 3.03. The second kappa shape index (κ2) is 4.84. The van der Waals surface area contributed by atoms with Crippen LogP contribution in [0.15, 0.2) is 47.6 Å². The Hall–Kier alpha value is -2.16. The molecule has 3 rings (SSSR count). The van der Waals surface area contributed by atoms with Crippen LogP contribution < -0.4 is 5.43 Å². The Morgan fingerprint density at radius 2 is 1.89 bits per heavy atom. The predicted octanol–water partition coefficient (Wildman–Crippen LogP) is 3.36. The number of fused-ring (bicyclic) bond motifs is 1. The fraction of sp³-hybridized carbons (Fsp3) is 0.250. The minimum atomic E-state index is -0.142. The molecule has 0 radical (unpaired) electrons. The number of nitrogens with zero attached hydrogens (tertiary/aromatic N) is 1. The second-order valence-electron chi connectivity index (χ2n) is 5.00. The van der Waals surface area contributed by atoms with Gasteiger partial charge in [-0.2, -0.15) is 5.10 Å². The topological polar surface area (TPSA) is 41.5 Å². The molecule has 0 atom stereocenters. The summed E-state index contributed by atoms with van der Waals surface area (Å²) in [6, 6.07) is 13.6. The van der Waals surface area contributed by atoms with Gasteiger partial charge >= 0.3 is 0 Å². The van der Waals surface area contributed by atoms with E-state index in [2.05, 4.69) is 10.5 Å². The van der Waals surface area contributed by atoms with E-state index < -0.39 is 0 Å². The Bertz CT molecular complexity index is 651. The van der Waals surface area contributed by atoms with Crippen LogP contribution in [0.2, 0.25) is 0 Å². The van der Waals surface area contributed by atoms with E-state index in [0.717, 1.165) is 16.5 Å². The zero-order chi connectivity index (χ0) is 13.2. The van der Waals surface area contributed by atoms with E-state index in [1.807, 2.05) is 49.4 Å². The van der Waals surface area contributed by atoms with Gasteiger partial charge in [0.15, 0.2) is 0 Å². The fourth-order valence-electron chi connectivity index (χ4n) is 2.21. The van der Waals surface area contributed by atoms with Gasteiger partial charge in [0.1, 0.15) is 0 Å². The SMILES string of the molecule is CC(=NNC(=O)c1cccc2ccccc12)C1CC1. The summed E-state index contributed by atoms with van der Waals surface area (Å²) in [5.41, 5.74) is 4.35. The normalized spacial score (nSPS) is 15.5. The van der Waals surface area contributed by atoms with Crippen molar-refractivity contribution in [1.82, 2.24) is 5.43 Å². The highest BCUT2D eigenvalue weighted by Crippen LogP contribution is 2.30. The number of hydrazone groups is 1. The second-order valence-corrected chi connectivity index (χ2v) is 5.00. The average molecular weight is 252 g/mol. The summed E-state index contributed by atoms with van der Waals surface area (Å²) in [5.74, 6) is 0.435. The number of hydrogen-bond donors (Lipinski definition) is 1. The quantitative estimate of drug-likeness (QED) is 0.660. The Morgan fingerprint density at radius 1 is 1.16 bits per heavy atom.